The fourth-order valence-electron chi connectivity index (χ4n) is 5.27. The van der Waals surface area contributed by atoms with E-state index in [1.165, 1.54) is 10.9 Å². The van der Waals surface area contributed by atoms with Gasteiger partial charge in [-0.25, -0.2) is 19.7 Å². The first-order chi connectivity index (χ1) is 19.4. The van der Waals surface area contributed by atoms with E-state index in [4.69, 9.17) is 15.2 Å². The largest absolute Gasteiger partial charge is 0.445 e. The second kappa shape index (κ2) is 11.0. The lowest BCUT2D eigenvalue weighted by Gasteiger charge is -2.31. The fraction of sp³-hybridized carbons (Fsp3) is 0.519. The number of nitrogen functional groups attached to an aromatic ring is 1. The third-order valence-electron chi connectivity index (χ3n) is 7.74. The summed E-state index contributed by atoms with van der Waals surface area (Å²) in [6.45, 7) is 1.37. The second-order valence-corrected chi connectivity index (χ2v) is 10.7. The number of benzene rings is 1. The molecule has 1 aliphatic carbocycles. The van der Waals surface area contributed by atoms with Gasteiger partial charge in [0.05, 0.1) is 6.33 Å². The molecule has 0 radical (unpaired) electrons. The van der Waals surface area contributed by atoms with Gasteiger partial charge in [0.25, 0.3) is 5.91 Å². The van der Waals surface area contributed by atoms with Gasteiger partial charge >= 0.3 is 6.09 Å². The summed E-state index contributed by atoms with van der Waals surface area (Å²) in [6, 6.07) is 9.66. The zero-order valence-corrected chi connectivity index (χ0v) is 21.9. The van der Waals surface area contributed by atoms with Crippen molar-refractivity contribution in [1.29, 1.82) is 0 Å². The van der Waals surface area contributed by atoms with Crippen molar-refractivity contribution in [2.45, 2.75) is 69.3 Å². The lowest BCUT2D eigenvalue weighted by molar-refractivity contribution is -0.137. The lowest BCUT2D eigenvalue weighted by Crippen LogP contribution is -2.43. The van der Waals surface area contributed by atoms with E-state index in [1.807, 2.05) is 30.3 Å². The molecule has 2 saturated heterocycles. The van der Waals surface area contributed by atoms with Crippen LogP contribution in [0.15, 0.2) is 36.7 Å². The number of hydrogen-bond donors (Lipinski definition) is 4. The van der Waals surface area contributed by atoms with Crippen LogP contribution in [0.5, 0.6) is 0 Å². The summed E-state index contributed by atoms with van der Waals surface area (Å²) in [5.41, 5.74) is 7.84. The first-order valence-corrected chi connectivity index (χ1v) is 13.6. The predicted octanol–water partition coefficient (Wildman–Crippen LogP) is 0.898. The van der Waals surface area contributed by atoms with E-state index in [9.17, 15) is 19.8 Å². The third kappa shape index (κ3) is 5.44. The highest BCUT2D eigenvalue weighted by molar-refractivity contribution is 5.83. The van der Waals surface area contributed by atoms with Crippen LogP contribution in [0, 0.1) is 5.92 Å². The Balaban J connectivity index is 1.09. The number of aromatic nitrogens is 4. The number of aliphatic hydroxyl groups is 2. The van der Waals surface area contributed by atoms with Gasteiger partial charge in [0.2, 0.25) is 0 Å². The maximum Gasteiger partial charge on any atom is 0.410 e. The van der Waals surface area contributed by atoms with Crippen molar-refractivity contribution in [1.82, 2.24) is 29.7 Å². The summed E-state index contributed by atoms with van der Waals surface area (Å²) >= 11 is 0. The molecule has 0 bridgehead atoms. The number of carbonyl (C=O) groups is 2. The predicted molar refractivity (Wildman–Crippen MR) is 141 cm³/mol. The number of fused-ring (bicyclic) bond motifs is 1. The van der Waals surface area contributed by atoms with Crippen molar-refractivity contribution in [3.05, 3.63) is 48.0 Å². The molecule has 2 aromatic heterocycles. The highest BCUT2D eigenvalue weighted by Crippen LogP contribution is 2.33. The van der Waals surface area contributed by atoms with E-state index in [2.05, 4.69) is 20.3 Å². The van der Waals surface area contributed by atoms with Crippen LogP contribution in [0.1, 0.15) is 43.3 Å². The molecule has 2 aliphatic heterocycles. The first-order valence-electron chi connectivity index (χ1n) is 13.6. The topological polar surface area (TPSA) is 178 Å². The summed E-state index contributed by atoms with van der Waals surface area (Å²) in [7, 11) is 0. The van der Waals surface area contributed by atoms with Gasteiger partial charge < -0.3 is 35.6 Å². The molecule has 4 heterocycles. The molecule has 5 N–H and O–H groups in total. The Kier molecular flexibility index (Phi) is 7.26. The van der Waals surface area contributed by atoms with Gasteiger partial charge in [-0.1, -0.05) is 30.3 Å². The minimum atomic E-state index is -1.40. The maximum atomic E-state index is 12.5. The van der Waals surface area contributed by atoms with Gasteiger partial charge in [0.15, 0.2) is 23.8 Å². The maximum absolute atomic E-state index is 12.5. The Morgan fingerprint density at radius 1 is 1.07 bits per heavy atom. The molecule has 0 spiro atoms. The molecule has 6 rings (SSSR count). The van der Waals surface area contributed by atoms with Crippen molar-refractivity contribution >= 4 is 29.0 Å². The van der Waals surface area contributed by atoms with Crippen LogP contribution >= 0.6 is 0 Å². The van der Waals surface area contributed by atoms with Crippen LogP contribution in [-0.4, -0.2) is 84.1 Å². The van der Waals surface area contributed by atoms with Crippen molar-refractivity contribution in [3.63, 3.8) is 0 Å². The number of aliphatic hydroxyl groups excluding tert-OH is 2. The number of ether oxygens (including phenoxy) is 2. The van der Waals surface area contributed by atoms with Gasteiger partial charge in [-0.05, 0) is 37.2 Å². The van der Waals surface area contributed by atoms with Crippen molar-refractivity contribution < 1.29 is 29.3 Å². The molecule has 13 nitrogen and oxygen atoms in total. The number of rotatable bonds is 7. The molecular weight excluding hydrogens is 518 g/mol. The number of hydrogen-bond acceptors (Lipinski definition) is 10. The molecule has 2 unspecified atom stereocenters. The number of carbonyl (C=O) groups excluding carboxylic acids is 2. The molecule has 40 heavy (non-hydrogen) atoms. The number of likely N-dealkylation sites (tertiary alicyclic amines) is 1. The molecule has 3 aromatic rings. The van der Waals surface area contributed by atoms with E-state index >= 15 is 0 Å². The lowest BCUT2D eigenvalue weighted by atomic mass is 9.93. The standard InChI is InChI=1S/C27H33N7O6/c28-23-19-24(34(14-29-19)26-21(36)20(35)22(40-26)25(37)30-17-6-7-17)32-18(31-23)12-15-8-10-33(11-9-15)27(38)39-13-16-4-2-1-3-5-16/h1-5,14-15,17,20-22,26,35-36H,6-13H2,(H,30,37)(H2,28,31,32)/t20?,21?,22-,26+/m0/s1. The van der Waals surface area contributed by atoms with E-state index < -0.39 is 30.4 Å². The summed E-state index contributed by atoms with van der Waals surface area (Å²) in [5, 5.41) is 24.0. The molecule has 4 atom stereocenters. The van der Waals surface area contributed by atoms with Crippen LogP contribution in [0.4, 0.5) is 10.6 Å². The summed E-state index contributed by atoms with van der Waals surface area (Å²) in [6.07, 6.45) is -0.0977. The molecular formula is C27H33N7O6. The highest BCUT2D eigenvalue weighted by atomic mass is 16.6. The van der Waals surface area contributed by atoms with E-state index in [0.29, 0.717) is 36.5 Å². The van der Waals surface area contributed by atoms with Gasteiger partial charge in [-0.2, -0.15) is 0 Å². The average Bonchev–Trinajstić information content (AvgIpc) is 3.60. The van der Waals surface area contributed by atoms with Crippen molar-refractivity contribution in [3.8, 4) is 0 Å². The average molecular weight is 552 g/mol. The van der Waals surface area contributed by atoms with Gasteiger partial charge in [0.1, 0.15) is 30.2 Å². The molecule has 212 valence electrons. The summed E-state index contributed by atoms with van der Waals surface area (Å²) < 4.78 is 12.7. The number of imidazole rings is 1. The van der Waals surface area contributed by atoms with Crippen LogP contribution in [0.2, 0.25) is 0 Å². The molecule has 2 amide bonds. The number of nitrogens with zero attached hydrogens (tertiary/aromatic N) is 5. The van der Waals surface area contributed by atoms with E-state index in [1.54, 1.807) is 4.90 Å². The van der Waals surface area contributed by atoms with Crippen molar-refractivity contribution in [2.24, 2.45) is 5.92 Å². The van der Waals surface area contributed by atoms with Crippen LogP contribution in [0.3, 0.4) is 0 Å². The number of anilines is 1. The quantitative estimate of drug-likeness (QED) is 0.330. The van der Waals surface area contributed by atoms with Crippen LogP contribution in [-0.2, 0) is 27.3 Å². The zero-order valence-electron chi connectivity index (χ0n) is 21.9. The minimum absolute atomic E-state index is 0.0930. The van der Waals surface area contributed by atoms with Gasteiger partial charge in [-0.15, -0.1) is 0 Å². The van der Waals surface area contributed by atoms with Gasteiger partial charge in [0, 0.05) is 25.6 Å². The molecule has 3 aliphatic rings. The molecule has 13 heteroatoms. The normalized spacial score (nSPS) is 25.3. The third-order valence-corrected chi connectivity index (χ3v) is 7.74. The Morgan fingerprint density at radius 2 is 1.82 bits per heavy atom. The SMILES string of the molecule is Nc1nc(CC2CCN(C(=O)OCc3ccccc3)CC2)nc2c1ncn2[C@@H]1O[C@H](C(=O)NC2CC2)C(O)C1O. The van der Waals surface area contributed by atoms with E-state index in [0.717, 1.165) is 31.2 Å². The Morgan fingerprint density at radius 3 is 2.55 bits per heavy atom. The highest BCUT2D eigenvalue weighted by Gasteiger charge is 2.48. The molecule has 3 fully saturated rings. The number of nitrogens with one attached hydrogen (secondary N) is 1. The summed E-state index contributed by atoms with van der Waals surface area (Å²) in [4.78, 5) is 40.1. The van der Waals surface area contributed by atoms with Crippen molar-refractivity contribution in [2.75, 3.05) is 18.8 Å². The zero-order chi connectivity index (χ0) is 27.8. The Hall–Kier alpha value is -3.81. The molecule has 1 saturated carbocycles. The number of amides is 2. The molecule has 1 aromatic carbocycles. The van der Waals surface area contributed by atoms with Gasteiger partial charge in [-0.3, -0.25) is 9.36 Å². The number of piperidine rings is 1. The fourth-order valence-corrected chi connectivity index (χ4v) is 5.27. The Labute approximate surface area is 230 Å². The number of nitrogens with two attached hydrogens (primary N) is 1. The Bertz CT molecular complexity index is 1370. The van der Waals surface area contributed by atoms with Crippen LogP contribution in [0.25, 0.3) is 11.2 Å². The van der Waals surface area contributed by atoms with Crippen LogP contribution < -0.4 is 11.1 Å². The minimum Gasteiger partial charge on any atom is -0.445 e. The second-order valence-electron chi connectivity index (χ2n) is 10.7. The summed E-state index contributed by atoms with van der Waals surface area (Å²) in [5.74, 6) is 0.479. The monoisotopic (exact) mass is 551 g/mol. The van der Waals surface area contributed by atoms with E-state index in [-0.39, 0.29) is 30.5 Å². The first kappa shape index (κ1) is 26.4. The smallest absolute Gasteiger partial charge is 0.410 e.